The topological polar surface area (TPSA) is 84.2 Å². The molecular formula is C25H28FN3O3. The molecule has 1 atom stereocenters. The summed E-state index contributed by atoms with van der Waals surface area (Å²) in [4.78, 5) is 23.7. The van der Waals surface area contributed by atoms with Gasteiger partial charge in [-0.2, -0.15) is 5.10 Å². The Bertz CT molecular complexity index is 1130. The Morgan fingerprint density at radius 1 is 1.16 bits per heavy atom. The van der Waals surface area contributed by atoms with E-state index in [9.17, 15) is 14.0 Å². The van der Waals surface area contributed by atoms with Gasteiger partial charge in [-0.15, -0.1) is 0 Å². The highest BCUT2D eigenvalue weighted by Gasteiger charge is 2.27. The van der Waals surface area contributed by atoms with Crippen molar-refractivity contribution in [2.24, 2.45) is 18.9 Å². The van der Waals surface area contributed by atoms with Crippen LogP contribution in [0.15, 0.2) is 42.5 Å². The molecule has 2 N–H and O–H groups in total. The molecule has 32 heavy (non-hydrogen) atoms. The van der Waals surface area contributed by atoms with Crippen LogP contribution in [0.5, 0.6) is 0 Å². The van der Waals surface area contributed by atoms with Crippen molar-refractivity contribution in [3.8, 4) is 11.3 Å². The molecule has 168 valence electrons. The summed E-state index contributed by atoms with van der Waals surface area (Å²) < 4.78 is 16.1. The number of nitrogens with one attached hydrogen (secondary N) is 1. The summed E-state index contributed by atoms with van der Waals surface area (Å²) in [6.07, 6.45) is 3.77. The van der Waals surface area contributed by atoms with Gasteiger partial charge in [0.1, 0.15) is 11.5 Å². The average Bonchev–Trinajstić information content (AvgIpc) is 3.12. The SMILES string of the molecule is CC(CC(=O)O)C1CCC(NC(=O)c2ccc(-c3nn(C)c4cccc(F)c34)cc2)CC1. The quantitative estimate of drug-likeness (QED) is 0.581. The summed E-state index contributed by atoms with van der Waals surface area (Å²) in [5.74, 6) is -0.648. The standard InChI is InChI=1S/C25H28FN3O3/c1-15(14-22(30)31)16-10-12-19(13-11-16)27-25(32)18-8-6-17(7-9-18)24-23-20(26)4-3-5-21(23)29(2)28-24/h3-9,15-16,19H,10-14H2,1-2H3,(H,27,32)(H,30,31). The fourth-order valence-electron chi connectivity index (χ4n) is 4.80. The fraction of sp³-hybridized carbons (Fsp3) is 0.400. The van der Waals surface area contributed by atoms with Gasteiger partial charge in [0.05, 0.1) is 10.9 Å². The molecule has 1 aliphatic rings. The molecule has 0 radical (unpaired) electrons. The number of halogens is 1. The zero-order chi connectivity index (χ0) is 22.8. The molecule has 1 heterocycles. The number of amides is 1. The molecule has 0 bridgehead atoms. The zero-order valence-corrected chi connectivity index (χ0v) is 18.3. The molecule has 0 saturated heterocycles. The minimum absolute atomic E-state index is 0.101. The second-order valence-electron chi connectivity index (χ2n) is 8.84. The van der Waals surface area contributed by atoms with Crippen LogP contribution in [0, 0.1) is 17.7 Å². The first-order valence-corrected chi connectivity index (χ1v) is 11.1. The molecule has 3 aromatic rings. The number of aromatic nitrogens is 2. The van der Waals surface area contributed by atoms with Crippen molar-refractivity contribution < 1.29 is 19.1 Å². The Hall–Kier alpha value is -3.22. The van der Waals surface area contributed by atoms with Gasteiger partial charge in [-0.1, -0.05) is 25.1 Å². The predicted molar refractivity (Wildman–Crippen MR) is 121 cm³/mol. The van der Waals surface area contributed by atoms with Crippen LogP contribution >= 0.6 is 0 Å². The zero-order valence-electron chi connectivity index (χ0n) is 18.3. The van der Waals surface area contributed by atoms with Gasteiger partial charge in [0, 0.05) is 30.6 Å². The number of nitrogens with zero attached hydrogens (tertiary/aromatic N) is 2. The minimum Gasteiger partial charge on any atom is -0.481 e. The Balaban J connectivity index is 1.40. The first-order chi connectivity index (χ1) is 15.3. The van der Waals surface area contributed by atoms with E-state index in [1.54, 1.807) is 42.1 Å². The summed E-state index contributed by atoms with van der Waals surface area (Å²) in [5, 5.41) is 17.0. The van der Waals surface area contributed by atoms with E-state index >= 15 is 0 Å². The lowest BCUT2D eigenvalue weighted by Crippen LogP contribution is -2.38. The van der Waals surface area contributed by atoms with E-state index in [0.717, 1.165) is 36.8 Å². The summed E-state index contributed by atoms with van der Waals surface area (Å²) in [6, 6.07) is 12.1. The largest absolute Gasteiger partial charge is 0.481 e. The molecule has 1 unspecified atom stereocenters. The summed E-state index contributed by atoms with van der Waals surface area (Å²) in [6.45, 7) is 2.00. The van der Waals surface area contributed by atoms with Gasteiger partial charge in [-0.05, 0) is 61.8 Å². The van der Waals surface area contributed by atoms with Gasteiger partial charge in [-0.3, -0.25) is 14.3 Å². The number of aliphatic carboxylic acids is 1. The first kappa shape index (κ1) is 22.0. The molecular weight excluding hydrogens is 409 g/mol. The number of hydrogen-bond acceptors (Lipinski definition) is 3. The molecule has 1 saturated carbocycles. The van der Waals surface area contributed by atoms with E-state index in [-0.39, 0.29) is 30.1 Å². The third-order valence-electron chi connectivity index (χ3n) is 6.66. The highest BCUT2D eigenvalue weighted by Crippen LogP contribution is 2.32. The summed E-state index contributed by atoms with van der Waals surface area (Å²) >= 11 is 0. The van der Waals surface area contributed by atoms with Crippen LogP contribution in [0.2, 0.25) is 0 Å². The van der Waals surface area contributed by atoms with E-state index in [4.69, 9.17) is 5.11 Å². The molecule has 0 spiro atoms. The molecule has 1 aromatic heterocycles. The maximum Gasteiger partial charge on any atom is 0.303 e. The lowest BCUT2D eigenvalue weighted by molar-refractivity contribution is -0.138. The van der Waals surface area contributed by atoms with Crippen molar-refractivity contribution in [2.45, 2.75) is 45.1 Å². The lowest BCUT2D eigenvalue weighted by atomic mass is 9.77. The van der Waals surface area contributed by atoms with Crippen molar-refractivity contribution in [1.82, 2.24) is 15.1 Å². The van der Waals surface area contributed by atoms with Gasteiger partial charge in [0.15, 0.2) is 0 Å². The molecule has 1 aliphatic carbocycles. The number of carbonyl (C=O) groups excluding carboxylic acids is 1. The third kappa shape index (κ3) is 4.52. The van der Waals surface area contributed by atoms with Crippen molar-refractivity contribution >= 4 is 22.8 Å². The molecule has 1 fully saturated rings. The van der Waals surface area contributed by atoms with Crippen LogP contribution in [-0.2, 0) is 11.8 Å². The van der Waals surface area contributed by atoms with Crippen molar-refractivity contribution in [3.63, 3.8) is 0 Å². The Kier molecular flexibility index (Phi) is 6.26. The second-order valence-corrected chi connectivity index (χ2v) is 8.84. The van der Waals surface area contributed by atoms with Gasteiger partial charge in [0.25, 0.3) is 5.91 Å². The summed E-state index contributed by atoms with van der Waals surface area (Å²) in [5.41, 5.74) is 2.58. The van der Waals surface area contributed by atoms with E-state index in [1.807, 2.05) is 13.0 Å². The van der Waals surface area contributed by atoms with E-state index < -0.39 is 5.97 Å². The number of benzene rings is 2. The lowest BCUT2D eigenvalue weighted by Gasteiger charge is -2.32. The van der Waals surface area contributed by atoms with E-state index in [1.165, 1.54) is 6.07 Å². The fourth-order valence-corrected chi connectivity index (χ4v) is 4.80. The molecule has 4 rings (SSSR count). The Morgan fingerprint density at radius 3 is 2.50 bits per heavy atom. The monoisotopic (exact) mass is 437 g/mol. The third-order valence-corrected chi connectivity index (χ3v) is 6.66. The van der Waals surface area contributed by atoms with Gasteiger partial charge in [-0.25, -0.2) is 4.39 Å². The normalized spacial score (nSPS) is 19.6. The van der Waals surface area contributed by atoms with Gasteiger partial charge < -0.3 is 10.4 Å². The number of carboxylic acid groups (broad SMARTS) is 1. The van der Waals surface area contributed by atoms with Gasteiger partial charge in [0.2, 0.25) is 0 Å². The van der Waals surface area contributed by atoms with Crippen LogP contribution in [0.25, 0.3) is 22.2 Å². The molecule has 0 aliphatic heterocycles. The highest BCUT2D eigenvalue weighted by molar-refractivity contribution is 5.97. The molecule has 7 heteroatoms. The number of rotatable bonds is 6. The maximum atomic E-state index is 14.4. The van der Waals surface area contributed by atoms with Gasteiger partial charge >= 0.3 is 5.97 Å². The Labute approximate surface area is 186 Å². The number of carboxylic acids is 1. The van der Waals surface area contributed by atoms with Crippen LogP contribution < -0.4 is 5.32 Å². The minimum atomic E-state index is -0.752. The highest BCUT2D eigenvalue weighted by atomic mass is 19.1. The average molecular weight is 438 g/mol. The number of fused-ring (bicyclic) bond motifs is 1. The number of carbonyl (C=O) groups is 2. The second kappa shape index (κ2) is 9.10. The van der Waals surface area contributed by atoms with Crippen molar-refractivity contribution in [3.05, 3.63) is 53.8 Å². The number of aryl methyl sites for hydroxylation is 1. The van der Waals surface area contributed by atoms with Crippen LogP contribution in [-0.4, -0.2) is 32.8 Å². The van der Waals surface area contributed by atoms with Crippen LogP contribution in [0.1, 0.15) is 49.4 Å². The van der Waals surface area contributed by atoms with Crippen molar-refractivity contribution in [2.75, 3.05) is 0 Å². The smallest absolute Gasteiger partial charge is 0.303 e. The van der Waals surface area contributed by atoms with E-state index in [2.05, 4.69) is 10.4 Å². The predicted octanol–water partition coefficient (Wildman–Crippen LogP) is 4.78. The van der Waals surface area contributed by atoms with Crippen molar-refractivity contribution in [1.29, 1.82) is 0 Å². The first-order valence-electron chi connectivity index (χ1n) is 11.1. The van der Waals surface area contributed by atoms with Crippen LogP contribution in [0.4, 0.5) is 4.39 Å². The van der Waals surface area contributed by atoms with E-state index in [0.29, 0.717) is 22.6 Å². The molecule has 1 amide bonds. The molecule has 6 nitrogen and oxygen atoms in total. The molecule has 2 aromatic carbocycles. The maximum absolute atomic E-state index is 14.4. The Morgan fingerprint density at radius 2 is 1.84 bits per heavy atom. The summed E-state index contributed by atoms with van der Waals surface area (Å²) in [7, 11) is 1.78. The van der Waals surface area contributed by atoms with Crippen LogP contribution in [0.3, 0.4) is 0 Å². The number of hydrogen-bond donors (Lipinski definition) is 2.